The molecule has 0 radical (unpaired) electrons. The number of hydrogen-bond acceptors (Lipinski definition) is 3. The molecule has 1 aliphatic carbocycles. The van der Waals surface area contributed by atoms with Gasteiger partial charge in [0.15, 0.2) is 5.82 Å². The van der Waals surface area contributed by atoms with Crippen LogP contribution in [0, 0.1) is 17.7 Å². The fraction of sp³-hybridized carbons (Fsp3) is 0.571. The maximum absolute atomic E-state index is 14.1. The number of halogens is 2. The SMILES string of the molecule is CC1CCCC(Nc2c(N)cc(N)c(Cl)c2F)C1C. The van der Waals surface area contributed by atoms with Crippen LogP contribution in [0.4, 0.5) is 21.5 Å². The Bertz CT molecular complexity index is 478. The van der Waals surface area contributed by atoms with Crippen molar-refractivity contribution in [2.75, 3.05) is 16.8 Å². The summed E-state index contributed by atoms with van der Waals surface area (Å²) in [6, 6.07) is 1.73. The van der Waals surface area contributed by atoms with Crippen molar-refractivity contribution in [2.24, 2.45) is 11.8 Å². The van der Waals surface area contributed by atoms with Crippen LogP contribution in [0.1, 0.15) is 33.1 Å². The van der Waals surface area contributed by atoms with Crippen molar-refractivity contribution >= 4 is 28.7 Å². The molecule has 0 aromatic heterocycles. The number of nitrogen functional groups attached to an aromatic ring is 2. The van der Waals surface area contributed by atoms with Gasteiger partial charge in [-0.05, 0) is 24.3 Å². The third kappa shape index (κ3) is 2.73. The zero-order valence-electron chi connectivity index (χ0n) is 11.3. The van der Waals surface area contributed by atoms with Crippen molar-refractivity contribution < 1.29 is 4.39 Å². The van der Waals surface area contributed by atoms with E-state index in [4.69, 9.17) is 23.1 Å². The summed E-state index contributed by atoms with van der Waals surface area (Å²) in [5, 5.41) is 3.16. The van der Waals surface area contributed by atoms with Crippen molar-refractivity contribution in [3.8, 4) is 0 Å². The second-order valence-electron chi connectivity index (χ2n) is 5.58. The summed E-state index contributed by atoms with van der Waals surface area (Å²) in [6.45, 7) is 4.42. The Morgan fingerprint density at radius 1 is 1.26 bits per heavy atom. The molecule has 1 aromatic carbocycles. The van der Waals surface area contributed by atoms with Gasteiger partial charge < -0.3 is 16.8 Å². The molecule has 0 spiro atoms. The first-order chi connectivity index (χ1) is 8.91. The average molecular weight is 286 g/mol. The predicted octanol–water partition coefficient (Wildman–Crippen LogP) is 3.88. The molecule has 0 amide bonds. The van der Waals surface area contributed by atoms with Crippen LogP contribution in [-0.4, -0.2) is 6.04 Å². The molecule has 0 bridgehead atoms. The highest BCUT2D eigenvalue weighted by Crippen LogP contribution is 2.37. The highest BCUT2D eigenvalue weighted by atomic mass is 35.5. The first kappa shape index (κ1) is 14.3. The third-order valence-corrected chi connectivity index (χ3v) is 4.69. The van der Waals surface area contributed by atoms with Crippen molar-refractivity contribution in [1.82, 2.24) is 0 Å². The van der Waals surface area contributed by atoms with Crippen molar-refractivity contribution in [3.63, 3.8) is 0 Å². The average Bonchev–Trinajstić information content (AvgIpc) is 2.37. The topological polar surface area (TPSA) is 64.1 Å². The minimum Gasteiger partial charge on any atom is -0.397 e. The van der Waals surface area contributed by atoms with Crippen LogP contribution in [0.15, 0.2) is 6.07 Å². The molecule has 3 atom stereocenters. The lowest BCUT2D eigenvalue weighted by molar-refractivity contribution is 0.253. The Morgan fingerprint density at radius 2 is 1.95 bits per heavy atom. The van der Waals surface area contributed by atoms with Gasteiger partial charge >= 0.3 is 0 Å². The standard InChI is InChI=1S/C14H21ClFN3/c1-7-4-3-5-11(8(7)2)19-14-10(18)6-9(17)12(15)13(14)16/h6-8,11,19H,3-5,17-18H2,1-2H3. The molecule has 1 saturated carbocycles. The number of hydrogen-bond donors (Lipinski definition) is 3. The van der Waals surface area contributed by atoms with Crippen LogP contribution in [0.2, 0.25) is 5.02 Å². The van der Waals surface area contributed by atoms with Crippen LogP contribution in [0.25, 0.3) is 0 Å². The normalized spacial score (nSPS) is 27.3. The van der Waals surface area contributed by atoms with Gasteiger partial charge in [-0.2, -0.15) is 0 Å². The minimum atomic E-state index is -0.551. The van der Waals surface area contributed by atoms with Crippen LogP contribution < -0.4 is 16.8 Å². The maximum Gasteiger partial charge on any atom is 0.169 e. The van der Waals surface area contributed by atoms with E-state index in [1.54, 1.807) is 0 Å². The lowest BCUT2D eigenvalue weighted by atomic mass is 9.78. The van der Waals surface area contributed by atoms with E-state index in [-0.39, 0.29) is 22.4 Å². The largest absolute Gasteiger partial charge is 0.397 e. The maximum atomic E-state index is 14.1. The number of anilines is 3. The Balaban J connectivity index is 2.26. The molecule has 0 saturated heterocycles. The molecule has 19 heavy (non-hydrogen) atoms. The summed E-state index contributed by atoms with van der Waals surface area (Å²) in [7, 11) is 0. The monoisotopic (exact) mass is 285 g/mol. The molecular formula is C14H21ClFN3. The highest BCUT2D eigenvalue weighted by molar-refractivity contribution is 6.33. The van der Waals surface area contributed by atoms with E-state index in [0.29, 0.717) is 17.5 Å². The molecule has 1 aliphatic rings. The number of nitrogens with two attached hydrogens (primary N) is 2. The van der Waals surface area contributed by atoms with E-state index in [9.17, 15) is 4.39 Å². The lowest BCUT2D eigenvalue weighted by Gasteiger charge is -2.35. The molecule has 3 nitrogen and oxygen atoms in total. The van der Waals surface area contributed by atoms with Gasteiger partial charge in [-0.1, -0.05) is 38.3 Å². The summed E-state index contributed by atoms with van der Waals surface area (Å²) in [5.41, 5.74) is 12.2. The predicted molar refractivity (Wildman–Crippen MR) is 79.8 cm³/mol. The number of nitrogens with one attached hydrogen (secondary N) is 1. The molecule has 1 fully saturated rings. The first-order valence-corrected chi connectivity index (χ1v) is 7.09. The van der Waals surface area contributed by atoms with Gasteiger partial charge in [0.25, 0.3) is 0 Å². The minimum absolute atomic E-state index is 0.0618. The molecule has 5 N–H and O–H groups in total. The fourth-order valence-electron chi connectivity index (χ4n) is 2.78. The van der Waals surface area contributed by atoms with Gasteiger partial charge in [0, 0.05) is 6.04 Å². The van der Waals surface area contributed by atoms with E-state index < -0.39 is 5.82 Å². The van der Waals surface area contributed by atoms with Crippen molar-refractivity contribution in [1.29, 1.82) is 0 Å². The van der Waals surface area contributed by atoms with Crippen LogP contribution in [-0.2, 0) is 0 Å². The molecule has 0 aliphatic heterocycles. The second kappa shape index (κ2) is 5.45. The van der Waals surface area contributed by atoms with Crippen molar-refractivity contribution in [3.05, 3.63) is 16.9 Å². The Labute approximate surface area is 118 Å². The van der Waals surface area contributed by atoms with Gasteiger partial charge in [0.05, 0.1) is 17.1 Å². The zero-order valence-corrected chi connectivity index (χ0v) is 12.1. The van der Waals surface area contributed by atoms with Gasteiger partial charge in [-0.15, -0.1) is 0 Å². The second-order valence-corrected chi connectivity index (χ2v) is 5.95. The van der Waals surface area contributed by atoms with E-state index in [1.165, 1.54) is 12.5 Å². The van der Waals surface area contributed by atoms with Crippen LogP contribution in [0.3, 0.4) is 0 Å². The van der Waals surface area contributed by atoms with E-state index in [1.807, 2.05) is 0 Å². The summed E-state index contributed by atoms with van der Waals surface area (Å²) >= 11 is 5.84. The van der Waals surface area contributed by atoms with Crippen LogP contribution >= 0.6 is 11.6 Å². The third-order valence-electron chi connectivity index (χ3n) is 4.30. The Hall–Kier alpha value is -1.16. The summed E-state index contributed by atoms with van der Waals surface area (Å²) < 4.78 is 14.1. The zero-order chi connectivity index (χ0) is 14.2. The molecule has 1 aromatic rings. The van der Waals surface area contributed by atoms with Gasteiger partial charge in [0.1, 0.15) is 5.02 Å². The Kier molecular flexibility index (Phi) is 4.09. The number of rotatable bonds is 2. The molecule has 3 unspecified atom stereocenters. The lowest BCUT2D eigenvalue weighted by Crippen LogP contribution is -2.35. The molecular weight excluding hydrogens is 265 g/mol. The summed E-state index contributed by atoms with van der Waals surface area (Å²) in [6.07, 6.45) is 3.39. The van der Waals surface area contributed by atoms with Gasteiger partial charge in [0.2, 0.25) is 0 Å². The quantitative estimate of drug-likeness (QED) is 0.723. The number of benzene rings is 1. The van der Waals surface area contributed by atoms with E-state index >= 15 is 0 Å². The Morgan fingerprint density at radius 3 is 2.63 bits per heavy atom. The first-order valence-electron chi connectivity index (χ1n) is 6.71. The highest BCUT2D eigenvalue weighted by Gasteiger charge is 2.28. The van der Waals surface area contributed by atoms with Gasteiger partial charge in [-0.25, -0.2) is 4.39 Å². The van der Waals surface area contributed by atoms with Gasteiger partial charge in [-0.3, -0.25) is 0 Å². The molecule has 2 rings (SSSR count). The fourth-order valence-corrected chi connectivity index (χ4v) is 2.93. The smallest absolute Gasteiger partial charge is 0.169 e. The van der Waals surface area contributed by atoms with Crippen LogP contribution in [0.5, 0.6) is 0 Å². The summed E-state index contributed by atoms with van der Waals surface area (Å²) in [4.78, 5) is 0. The van der Waals surface area contributed by atoms with E-state index in [0.717, 1.165) is 12.8 Å². The van der Waals surface area contributed by atoms with E-state index in [2.05, 4.69) is 19.2 Å². The molecule has 0 heterocycles. The summed E-state index contributed by atoms with van der Waals surface area (Å²) in [5.74, 6) is 0.549. The van der Waals surface area contributed by atoms with Crippen molar-refractivity contribution in [2.45, 2.75) is 39.2 Å². The molecule has 5 heteroatoms. The molecule has 106 valence electrons.